The number of piperidine rings is 1. The summed E-state index contributed by atoms with van der Waals surface area (Å²) in [5, 5.41) is 14.1. The molecule has 1 N–H and O–H groups in total. The van der Waals surface area contributed by atoms with Crippen LogP contribution in [0.3, 0.4) is 0 Å². The molecule has 0 bridgehead atoms. The lowest BCUT2D eigenvalue weighted by Crippen LogP contribution is -2.40. The second-order valence-electron chi connectivity index (χ2n) is 8.02. The maximum atomic E-state index is 12.9. The highest BCUT2D eigenvalue weighted by molar-refractivity contribution is 5.81. The monoisotopic (exact) mass is 443 g/mol. The molecule has 1 unspecified atom stereocenters. The lowest BCUT2D eigenvalue weighted by molar-refractivity contribution is -0.384. The number of hydrogen-bond acceptors (Lipinski definition) is 6. The summed E-state index contributed by atoms with van der Waals surface area (Å²) in [5.41, 5.74) is -1.63. The molecule has 1 aromatic rings. The van der Waals surface area contributed by atoms with Gasteiger partial charge in [0.15, 0.2) is 6.61 Å². The van der Waals surface area contributed by atoms with Crippen LogP contribution < -0.4 is 10.2 Å². The van der Waals surface area contributed by atoms with Crippen LogP contribution in [0.25, 0.3) is 0 Å². The number of carbonyl (C=O) groups excluding carboxylic acids is 2. The first-order valence-electron chi connectivity index (χ1n) is 10.1. The summed E-state index contributed by atoms with van der Waals surface area (Å²) < 4.78 is 43.7. The Balaban J connectivity index is 1.53. The topological polar surface area (TPSA) is 102 Å². The van der Waals surface area contributed by atoms with Crippen LogP contribution in [0, 0.1) is 22.0 Å². The van der Waals surface area contributed by atoms with E-state index in [9.17, 15) is 32.9 Å². The van der Waals surface area contributed by atoms with E-state index in [-0.39, 0.29) is 37.3 Å². The predicted molar refractivity (Wildman–Crippen MR) is 104 cm³/mol. The molecule has 0 aromatic heterocycles. The van der Waals surface area contributed by atoms with E-state index in [1.807, 2.05) is 6.92 Å². The van der Waals surface area contributed by atoms with Crippen LogP contribution in [0.15, 0.2) is 18.2 Å². The van der Waals surface area contributed by atoms with Crippen molar-refractivity contribution in [3.05, 3.63) is 33.9 Å². The Kier molecular flexibility index (Phi) is 6.71. The van der Waals surface area contributed by atoms with Crippen molar-refractivity contribution in [2.75, 3.05) is 24.6 Å². The zero-order valence-corrected chi connectivity index (χ0v) is 17.0. The van der Waals surface area contributed by atoms with E-state index in [4.69, 9.17) is 4.74 Å². The van der Waals surface area contributed by atoms with E-state index >= 15 is 0 Å². The molecular formula is C20H24F3N3O5. The molecular weight excluding hydrogens is 419 g/mol. The van der Waals surface area contributed by atoms with Crippen LogP contribution in [-0.2, 0) is 20.5 Å². The molecule has 1 heterocycles. The standard InChI is InChI=1S/C20H24F3N3O5/c1-12(13-2-3-13)24-18(27)11-31-19(28)14-6-8-25(9-7-14)16-5-4-15(20(21,22)23)10-17(16)26(29)30/h4-5,10,12-14H,2-3,6-9,11H2,1H3,(H,24,27). The van der Waals surface area contributed by atoms with E-state index in [1.54, 1.807) is 4.90 Å². The minimum Gasteiger partial charge on any atom is -0.455 e. The van der Waals surface area contributed by atoms with Crippen LogP contribution in [-0.4, -0.2) is 42.5 Å². The molecule has 1 amide bonds. The number of benzene rings is 1. The highest BCUT2D eigenvalue weighted by Gasteiger charge is 2.35. The van der Waals surface area contributed by atoms with Gasteiger partial charge in [-0.05, 0) is 50.7 Å². The summed E-state index contributed by atoms with van der Waals surface area (Å²) in [6, 6.07) is 2.47. The summed E-state index contributed by atoms with van der Waals surface area (Å²) in [7, 11) is 0. The number of nitro benzene ring substituents is 1. The van der Waals surface area contributed by atoms with E-state index in [1.165, 1.54) is 0 Å². The van der Waals surface area contributed by atoms with Crippen molar-refractivity contribution in [3.63, 3.8) is 0 Å². The van der Waals surface area contributed by atoms with Crippen molar-refractivity contribution in [2.45, 2.75) is 44.8 Å². The fourth-order valence-corrected chi connectivity index (χ4v) is 3.73. The molecule has 8 nitrogen and oxygen atoms in total. The highest BCUT2D eigenvalue weighted by Crippen LogP contribution is 2.37. The average molecular weight is 443 g/mol. The van der Waals surface area contributed by atoms with Gasteiger partial charge in [-0.3, -0.25) is 19.7 Å². The first kappa shape index (κ1) is 22.8. The first-order valence-corrected chi connectivity index (χ1v) is 10.1. The molecule has 1 saturated heterocycles. The number of nitro groups is 1. The van der Waals surface area contributed by atoms with Gasteiger partial charge in [0.2, 0.25) is 0 Å². The molecule has 3 rings (SSSR count). The van der Waals surface area contributed by atoms with E-state index in [0.29, 0.717) is 24.8 Å². The second-order valence-corrected chi connectivity index (χ2v) is 8.02. The van der Waals surface area contributed by atoms with Gasteiger partial charge in [0.25, 0.3) is 11.6 Å². The van der Waals surface area contributed by atoms with Gasteiger partial charge in [0, 0.05) is 25.2 Å². The molecule has 170 valence electrons. The minimum absolute atomic E-state index is 0.0500. The highest BCUT2D eigenvalue weighted by atomic mass is 19.4. The molecule has 1 saturated carbocycles. The van der Waals surface area contributed by atoms with Crippen molar-refractivity contribution in [1.82, 2.24) is 5.32 Å². The molecule has 1 aliphatic heterocycles. The smallest absolute Gasteiger partial charge is 0.416 e. The average Bonchev–Trinajstić information content (AvgIpc) is 3.56. The molecule has 1 aromatic carbocycles. The largest absolute Gasteiger partial charge is 0.455 e. The number of alkyl halides is 3. The van der Waals surface area contributed by atoms with Crippen LogP contribution in [0.2, 0.25) is 0 Å². The quantitative estimate of drug-likeness (QED) is 0.394. The Hall–Kier alpha value is -2.85. The summed E-state index contributed by atoms with van der Waals surface area (Å²) in [5.74, 6) is -0.863. The molecule has 31 heavy (non-hydrogen) atoms. The number of carbonyl (C=O) groups is 2. The van der Waals surface area contributed by atoms with Gasteiger partial charge in [-0.2, -0.15) is 13.2 Å². The lowest BCUT2D eigenvalue weighted by atomic mass is 9.96. The number of ether oxygens (including phenoxy) is 1. The number of rotatable bonds is 7. The summed E-state index contributed by atoms with van der Waals surface area (Å²) >= 11 is 0. The van der Waals surface area contributed by atoms with Crippen molar-refractivity contribution < 1.29 is 32.4 Å². The van der Waals surface area contributed by atoms with Gasteiger partial charge in [-0.15, -0.1) is 0 Å². The number of nitrogens with zero attached hydrogens (tertiary/aromatic N) is 2. The third kappa shape index (κ3) is 5.86. The van der Waals surface area contributed by atoms with Crippen molar-refractivity contribution in [3.8, 4) is 0 Å². The molecule has 1 aliphatic carbocycles. The fourth-order valence-electron chi connectivity index (χ4n) is 3.73. The summed E-state index contributed by atoms with van der Waals surface area (Å²) in [6.07, 6.45) is -1.88. The van der Waals surface area contributed by atoms with E-state index in [2.05, 4.69) is 5.32 Å². The summed E-state index contributed by atoms with van der Waals surface area (Å²) in [6.45, 7) is 2.04. The van der Waals surface area contributed by atoms with E-state index in [0.717, 1.165) is 25.0 Å². The van der Waals surface area contributed by atoms with Crippen LogP contribution in [0.4, 0.5) is 24.5 Å². The van der Waals surface area contributed by atoms with Gasteiger partial charge in [-0.25, -0.2) is 0 Å². The third-order valence-electron chi connectivity index (χ3n) is 5.73. The van der Waals surface area contributed by atoms with Gasteiger partial charge in [0.1, 0.15) is 5.69 Å². The minimum atomic E-state index is -4.68. The van der Waals surface area contributed by atoms with Gasteiger partial charge in [0.05, 0.1) is 16.4 Å². The van der Waals surface area contributed by atoms with Crippen LogP contribution in [0.5, 0.6) is 0 Å². The van der Waals surface area contributed by atoms with Crippen molar-refractivity contribution in [1.29, 1.82) is 0 Å². The zero-order valence-electron chi connectivity index (χ0n) is 17.0. The van der Waals surface area contributed by atoms with Crippen molar-refractivity contribution in [2.24, 2.45) is 11.8 Å². The SMILES string of the molecule is CC(NC(=O)COC(=O)C1CCN(c2ccc(C(F)(F)F)cc2[N+](=O)[O-])CC1)C1CC1. The molecule has 2 fully saturated rings. The maximum Gasteiger partial charge on any atom is 0.416 e. The molecule has 0 radical (unpaired) electrons. The normalized spacial score (nSPS) is 18.4. The number of anilines is 1. The molecule has 0 spiro atoms. The lowest BCUT2D eigenvalue weighted by Gasteiger charge is -2.32. The molecule has 2 aliphatic rings. The third-order valence-corrected chi connectivity index (χ3v) is 5.73. The Labute approximate surface area is 176 Å². The fraction of sp³-hybridized carbons (Fsp3) is 0.600. The molecule has 11 heteroatoms. The Morgan fingerprint density at radius 1 is 1.26 bits per heavy atom. The Morgan fingerprint density at radius 2 is 1.90 bits per heavy atom. The maximum absolute atomic E-state index is 12.9. The molecule has 1 atom stereocenters. The van der Waals surface area contributed by atoms with Crippen LogP contribution in [0.1, 0.15) is 38.2 Å². The number of nitrogens with one attached hydrogen (secondary N) is 1. The van der Waals surface area contributed by atoms with E-state index < -0.39 is 34.2 Å². The Bertz CT molecular complexity index is 849. The number of hydrogen-bond donors (Lipinski definition) is 1. The van der Waals surface area contributed by atoms with Gasteiger partial charge < -0.3 is 15.0 Å². The second kappa shape index (κ2) is 9.11. The predicted octanol–water partition coefficient (Wildman–Crippen LogP) is 3.29. The number of esters is 1. The number of halogens is 3. The summed E-state index contributed by atoms with van der Waals surface area (Å²) in [4.78, 5) is 36.2. The van der Waals surface area contributed by atoms with Gasteiger partial charge in [-0.1, -0.05) is 0 Å². The van der Waals surface area contributed by atoms with Crippen LogP contribution >= 0.6 is 0 Å². The first-order chi connectivity index (χ1) is 14.6. The zero-order chi connectivity index (χ0) is 22.8. The van der Waals surface area contributed by atoms with Gasteiger partial charge >= 0.3 is 12.1 Å². The Morgan fingerprint density at radius 3 is 2.45 bits per heavy atom. The van der Waals surface area contributed by atoms with Crippen molar-refractivity contribution >= 4 is 23.3 Å². The number of amides is 1.